The second-order valence-corrected chi connectivity index (χ2v) is 7.22. The van der Waals surface area contributed by atoms with E-state index in [4.69, 9.17) is 4.74 Å². The van der Waals surface area contributed by atoms with Gasteiger partial charge in [-0.3, -0.25) is 24.1 Å². The van der Waals surface area contributed by atoms with Gasteiger partial charge in [0.05, 0.1) is 18.3 Å². The van der Waals surface area contributed by atoms with Gasteiger partial charge in [-0.25, -0.2) is 0 Å². The highest BCUT2D eigenvalue weighted by atomic mass is 16.5. The molecule has 3 unspecified atom stereocenters. The Morgan fingerprint density at radius 2 is 1.82 bits per heavy atom. The molecule has 0 bridgehead atoms. The third kappa shape index (κ3) is 4.30. The molecule has 7 heteroatoms. The fourth-order valence-corrected chi connectivity index (χ4v) is 3.57. The number of aryl methyl sites for hydroxylation is 1. The Labute approximate surface area is 163 Å². The molecule has 3 rings (SSSR count). The third-order valence-electron chi connectivity index (χ3n) is 5.10. The maximum atomic E-state index is 12.4. The number of likely N-dealkylation sites (tertiary alicyclic amines) is 1. The highest BCUT2D eigenvalue weighted by molar-refractivity contribution is 6.05. The average Bonchev–Trinajstić information content (AvgIpc) is 2.91. The largest absolute Gasteiger partial charge is 0.452 e. The standard InChI is InChI=1S/C21H24N2O5/c1-13-6-5-7-15(12-13)22-19(25)14(2)28-18(24)10-11-23-20(26)16-8-3-4-9-17(16)21(23)27/h3-7,12,14,16-17H,8-11H2,1-2H3,(H,22,25). The lowest BCUT2D eigenvalue weighted by molar-refractivity contribution is -0.154. The Morgan fingerprint density at radius 3 is 2.43 bits per heavy atom. The van der Waals surface area contributed by atoms with Crippen molar-refractivity contribution in [3.05, 3.63) is 42.0 Å². The van der Waals surface area contributed by atoms with E-state index in [1.807, 2.05) is 37.3 Å². The zero-order chi connectivity index (χ0) is 20.3. The van der Waals surface area contributed by atoms with Crippen LogP contribution in [-0.4, -0.2) is 41.2 Å². The number of hydrogen-bond donors (Lipinski definition) is 1. The zero-order valence-electron chi connectivity index (χ0n) is 16.0. The molecule has 148 valence electrons. The first-order valence-electron chi connectivity index (χ1n) is 9.44. The van der Waals surface area contributed by atoms with Crippen molar-refractivity contribution in [2.24, 2.45) is 11.8 Å². The van der Waals surface area contributed by atoms with Gasteiger partial charge < -0.3 is 10.1 Å². The van der Waals surface area contributed by atoms with Crippen molar-refractivity contribution >= 4 is 29.4 Å². The first kappa shape index (κ1) is 19.8. The summed E-state index contributed by atoms with van der Waals surface area (Å²) in [6, 6.07) is 7.29. The molecule has 2 aliphatic rings. The quantitative estimate of drug-likeness (QED) is 0.461. The summed E-state index contributed by atoms with van der Waals surface area (Å²) in [5.41, 5.74) is 1.62. The number of carbonyl (C=O) groups excluding carboxylic acids is 4. The van der Waals surface area contributed by atoms with Crippen LogP contribution in [0.4, 0.5) is 5.69 Å². The first-order chi connectivity index (χ1) is 13.4. The van der Waals surface area contributed by atoms with Gasteiger partial charge in [-0.1, -0.05) is 24.3 Å². The van der Waals surface area contributed by atoms with Crippen LogP contribution in [-0.2, 0) is 23.9 Å². The SMILES string of the molecule is Cc1cccc(NC(=O)C(C)OC(=O)CCN2C(=O)C3CC=CCC3C2=O)c1. The van der Waals surface area contributed by atoms with Crippen molar-refractivity contribution in [1.82, 2.24) is 4.90 Å². The molecule has 1 fully saturated rings. The molecule has 1 saturated heterocycles. The molecule has 1 aliphatic heterocycles. The van der Waals surface area contributed by atoms with Crippen LogP contribution in [0.15, 0.2) is 36.4 Å². The molecule has 1 aliphatic carbocycles. The summed E-state index contributed by atoms with van der Waals surface area (Å²) in [6.45, 7) is 3.37. The Balaban J connectivity index is 1.48. The molecular formula is C21H24N2O5. The number of hydrogen-bond acceptors (Lipinski definition) is 5. The van der Waals surface area contributed by atoms with Gasteiger partial charge >= 0.3 is 5.97 Å². The number of carbonyl (C=O) groups is 4. The fourth-order valence-electron chi connectivity index (χ4n) is 3.57. The van der Waals surface area contributed by atoms with Gasteiger partial charge in [0.25, 0.3) is 5.91 Å². The van der Waals surface area contributed by atoms with E-state index in [0.717, 1.165) is 10.5 Å². The van der Waals surface area contributed by atoms with Crippen molar-refractivity contribution in [2.75, 3.05) is 11.9 Å². The Morgan fingerprint density at radius 1 is 1.18 bits per heavy atom. The van der Waals surface area contributed by atoms with Gasteiger partial charge in [-0.2, -0.15) is 0 Å². The summed E-state index contributed by atoms with van der Waals surface area (Å²) < 4.78 is 5.15. The van der Waals surface area contributed by atoms with Crippen molar-refractivity contribution in [1.29, 1.82) is 0 Å². The zero-order valence-corrected chi connectivity index (χ0v) is 16.0. The maximum Gasteiger partial charge on any atom is 0.308 e. The number of amides is 3. The minimum absolute atomic E-state index is 0.0181. The molecular weight excluding hydrogens is 360 g/mol. The molecule has 1 aromatic carbocycles. The maximum absolute atomic E-state index is 12.4. The molecule has 0 saturated carbocycles. The van der Waals surface area contributed by atoms with E-state index in [9.17, 15) is 19.2 Å². The van der Waals surface area contributed by atoms with Crippen LogP contribution in [0.5, 0.6) is 0 Å². The van der Waals surface area contributed by atoms with Gasteiger partial charge in [0.2, 0.25) is 11.8 Å². The Kier molecular flexibility index (Phi) is 5.92. The second kappa shape index (κ2) is 8.37. The lowest BCUT2D eigenvalue weighted by Gasteiger charge is -2.16. The predicted molar refractivity (Wildman–Crippen MR) is 102 cm³/mol. The van der Waals surface area contributed by atoms with Crippen molar-refractivity contribution in [3.63, 3.8) is 0 Å². The summed E-state index contributed by atoms with van der Waals surface area (Å²) in [4.78, 5) is 50.2. The van der Waals surface area contributed by atoms with Gasteiger partial charge in [-0.05, 0) is 44.4 Å². The van der Waals surface area contributed by atoms with E-state index >= 15 is 0 Å². The summed E-state index contributed by atoms with van der Waals surface area (Å²) in [7, 11) is 0. The summed E-state index contributed by atoms with van der Waals surface area (Å²) in [5.74, 6) is -2.14. The van der Waals surface area contributed by atoms with Crippen LogP contribution in [0.3, 0.4) is 0 Å². The van der Waals surface area contributed by atoms with E-state index < -0.39 is 18.0 Å². The minimum Gasteiger partial charge on any atom is -0.452 e. The topological polar surface area (TPSA) is 92.8 Å². The predicted octanol–water partition coefficient (Wildman–Crippen LogP) is 2.21. The molecule has 7 nitrogen and oxygen atoms in total. The van der Waals surface area contributed by atoms with Crippen molar-refractivity contribution in [2.45, 2.75) is 39.2 Å². The van der Waals surface area contributed by atoms with Crippen LogP contribution >= 0.6 is 0 Å². The number of nitrogens with one attached hydrogen (secondary N) is 1. The lowest BCUT2D eigenvalue weighted by atomic mass is 9.85. The number of imide groups is 1. The normalized spacial score (nSPS) is 22.0. The number of ether oxygens (including phenoxy) is 1. The molecule has 0 radical (unpaired) electrons. The van der Waals surface area contributed by atoms with E-state index in [0.29, 0.717) is 18.5 Å². The lowest BCUT2D eigenvalue weighted by Crippen LogP contribution is -2.35. The Bertz CT molecular complexity index is 806. The Hall–Kier alpha value is -2.96. The fraction of sp³-hybridized carbons (Fsp3) is 0.429. The highest BCUT2D eigenvalue weighted by Gasteiger charge is 2.47. The van der Waals surface area contributed by atoms with E-state index in [1.54, 1.807) is 6.07 Å². The van der Waals surface area contributed by atoms with Crippen LogP contribution < -0.4 is 5.32 Å². The minimum atomic E-state index is -0.982. The molecule has 0 aromatic heterocycles. The van der Waals surface area contributed by atoms with Gasteiger partial charge in [0, 0.05) is 12.2 Å². The van der Waals surface area contributed by atoms with Gasteiger partial charge in [0.1, 0.15) is 0 Å². The number of allylic oxidation sites excluding steroid dienone is 2. The van der Waals surface area contributed by atoms with Crippen LogP contribution in [0.25, 0.3) is 0 Å². The summed E-state index contributed by atoms with van der Waals surface area (Å²) in [6.07, 6.45) is 3.84. The van der Waals surface area contributed by atoms with Gasteiger partial charge in [0.15, 0.2) is 6.10 Å². The number of rotatable bonds is 6. The van der Waals surface area contributed by atoms with E-state index in [2.05, 4.69) is 5.32 Å². The molecule has 0 spiro atoms. The highest BCUT2D eigenvalue weighted by Crippen LogP contribution is 2.35. The van der Waals surface area contributed by atoms with E-state index in [1.165, 1.54) is 6.92 Å². The number of fused-ring (bicyclic) bond motifs is 1. The first-order valence-corrected chi connectivity index (χ1v) is 9.44. The van der Waals surface area contributed by atoms with E-state index in [-0.39, 0.29) is 36.6 Å². The number of nitrogens with zero attached hydrogens (tertiary/aromatic N) is 1. The summed E-state index contributed by atoms with van der Waals surface area (Å²) in [5, 5.41) is 2.69. The van der Waals surface area contributed by atoms with Crippen molar-refractivity contribution in [3.8, 4) is 0 Å². The number of benzene rings is 1. The second-order valence-electron chi connectivity index (χ2n) is 7.22. The average molecular weight is 384 g/mol. The van der Waals surface area contributed by atoms with Crippen LogP contribution in [0, 0.1) is 18.8 Å². The number of anilines is 1. The molecule has 1 N–H and O–H groups in total. The molecule has 3 amide bonds. The monoisotopic (exact) mass is 384 g/mol. The molecule has 1 aromatic rings. The van der Waals surface area contributed by atoms with Crippen LogP contribution in [0.2, 0.25) is 0 Å². The number of esters is 1. The van der Waals surface area contributed by atoms with Crippen molar-refractivity contribution < 1.29 is 23.9 Å². The summed E-state index contributed by atoms with van der Waals surface area (Å²) >= 11 is 0. The van der Waals surface area contributed by atoms with Crippen LogP contribution in [0.1, 0.15) is 31.7 Å². The molecule has 3 atom stereocenters. The molecule has 28 heavy (non-hydrogen) atoms. The van der Waals surface area contributed by atoms with Gasteiger partial charge in [-0.15, -0.1) is 0 Å². The molecule has 1 heterocycles. The smallest absolute Gasteiger partial charge is 0.308 e. The third-order valence-corrected chi connectivity index (χ3v) is 5.10.